The molecule has 0 bridgehead atoms. The first-order chi connectivity index (χ1) is 6.24. The molecule has 0 aliphatic heterocycles. The third kappa shape index (κ3) is 11100. The summed E-state index contributed by atoms with van der Waals surface area (Å²) in [6.45, 7) is 5.50. The van der Waals surface area contributed by atoms with Crippen molar-refractivity contribution in [1.82, 2.24) is 0 Å². The van der Waals surface area contributed by atoms with E-state index >= 15 is 0 Å². The Kier molecular flexibility index (Phi) is 470. The van der Waals surface area contributed by atoms with Gasteiger partial charge in [-0.3, -0.25) is 0 Å². The molecule has 10 heteroatoms. The van der Waals surface area contributed by atoms with Gasteiger partial charge in [0.25, 0.3) is 0 Å². The van der Waals surface area contributed by atoms with E-state index in [0.717, 1.165) is 0 Å². The Morgan fingerprint density at radius 3 is 1.07 bits per heavy atom. The summed E-state index contributed by atoms with van der Waals surface area (Å²) in [6.07, 6.45) is 0.250. The predicted octanol–water partition coefficient (Wildman–Crippen LogP) is -2.28. The average molecular weight is 258 g/mol. The molecule has 2 N–H and O–H groups in total. The summed E-state index contributed by atoms with van der Waals surface area (Å²) in [4.78, 5) is 32.7. The summed E-state index contributed by atoms with van der Waals surface area (Å²) in [7, 11) is 0. The molecule has 0 aromatic rings. The van der Waals surface area contributed by atoms with Crippen molar-refractivity contribution in [3.8, 4) is 0 Å². The van der Waals surface area contributed by atoms with Crippen LogP contribution in [0.2, 0.25) is 0 Å². The second-order valence-electron chi connectivity index (χ2n) is 0.266. The van der Waals surface area contributed by atoms with Gasteiger partial charge in [-0.1, -0.05) is 12.9 Å². The maximum atomic E-state index is 8.38. The molecule has 0 aliphatic rings. The molecule has 0 saturated heterocycles. The Morgan fingerprint density at radius 1 is 1.07 bits per heavy atom. The van der Waals surface area contributed by atoms with Crippen molar-refractivity contribution < 1.29 is 35.5 Å². The molecule has 0 radical (unpaired) electrons. The first kappa shape index (κ1) is 36.7. The summed E-state index contributed by atoms with van der Waals surface area (Å²) >= 11 is 0.125. The van der Waals surface area contributed by atoms with E-state index in [9.17, 15) is 0 Å². The van der Waals surface area contributed by atoms with E-state index in [0.29, 0.717) is 12.9 Å². The van der Waals surface area contributed by atoms with E-state index in [4.69, 9.17) is 35.5 Å². The average Bonchev–Trinajstić information content (AvgIpc) is 2.14. The van der Waals surface area contributed by atoms with E-state index in [1.165, 1.54) is 0 Å². The zero-order valence-electron chi connectivity index (χ0n) is 6.76. The third-order valence-corrected chi connectivity index (χ3v) is 0. The van der Waals surface area contributed by atoms with E-state index in [1.807, 2.05) is 0 Å². The fourth-order valence-corrected chi connectivity index (χ4v) is 0. The standard InChI is InChI=1S/2CHO2.CO2.CO.2Ca.O/c3*2-1-3;1-2;;;/h2*(H,2,3);;;;;/q2*-1;;;;+2;. The van der Waals surface area contributed by atoms with Gasteiger partial charge < -0.3 is 19.8 Å². The van der Waals surface area contributed by atoms with Gasteiger partial charge in [0.1, 0.15) is 0 Å². The number of rotatable bonds is 0. The van der Waals surface area contributed by atoms with Crippen molar-refractivity contribution >= 4 is 92.7 Å². The maximum absolute atomic E-state index is 8.38. The van der Waals surface area contributed by atoms with E-state index in [-0.39, 0.29) is 79.8 Å². The topological polar surface area (TPSA) is 146 Å². The Morgan fingerprint density at radius 2 is 1.07 bits per heavy atom. The van der Waals surface area contributed by atoms with Crippen molar-refractivity contribution in [2.45, 2.75) is 0 Å². The molecule has 0 aromatic carbocycles. The van der Waals surface area contributed by atoms with E-state index < -0.39 is 0 Å². The second-order valence-corrected chi connectivity index (χ2v) is 0.266. The van der Waals surface area contributed by atoms with Crippen LogP contribution in [0.15, 0.2) is 0 Å². The van der Waals surface area contributed by atoms with Crippen LogP contribution in [0, 0.1) is 6.65 Å². The van der Waals surface area contributed by atoms with Gasteiger partial charge in [0, 0.05) is 0 Å². The van der Waals surface area contributed by atoms with Crippen LogP contribution in [0.1, 0.15) is 0 Å². The van der Waals surface area contributed by atoms with Crippen LogP contribution in [-0.2, 0) is 25.3 Å². The van der Waals surface area contributed by atoms with Crippen molar-refractivity contribution in [2.75, 3.05) is 0 Å². The molecular formula is C4H2Ca2O8. The molecule has 0 aliphatic carbocycles. The van der Waals surface area contributed by atoms with Crippen LogP contribution < -0.4 is 0 Å². The van der Waals surface area contributed by atoms with Gasteiger partial charge in [0.05, 0.1) is 0 Å². The molecule has 0 aromatic heterocycles. The predicted molar refractivity (Wildman–Crippen MR) is 37.8 cm³/mol. The third-order valence-electron chi connectivity index (χ3n) is 0. The molecule has 8 nitrogen and oxygen atoms in total. The number of hydrogen-bond donors (Lipinski definition) is 2. The Bertz CT molecular complexity index is 123. The van der Waals surface area contributed by atoms with Crippen molar-refractivity contribution in [3.63, 3.8) is 0 Å². The summed E-state index contributed by atoms with van der Waals surface area (Å²) in [5.74, 6) is 0. The zero-order chi connectivity index (χ0) is 12.1. The summed E-state index contributed by atoms with van der Waals surface area (Å²) in [6, 6.07) is 0. The summed E-state index contributed by atoms with van der Waals surface area (Å²) < 4.78 is 15.9. The number of hydrogen-bond acceptors (Lipinski definition) is 5. The van der Waals surface area contributed by atoms with Crippen molar-refractivity contribution in [3.05, 3.63) is 6.65 Å². The molecule has 0 rings (SSSR count). The van der Waals surface area contributed by atoms with E-state index in [2.05, 4.69) is 6.65 Å². The molecule has 0 atom stereocenters. The molecule has 0 amide bonds. The Balaban J connectivity index is -0.0000000142. The Hall–Kier alpha value is 0.379. The number of aliphatic hydroxyl groups excluding tert-OH is 2. The monoisotopic (exact) mass is 258 g/mol. The van der Waals surface area contributed by atoms with Crippen LogP contribution in [0.5, 0.6) is 0 Å². The molecular weight excluding hydrogens is 256 g/mol. The first-order valence-electron chi connectivity index (χ1n) is 1.76. The zero-order valence-corrected chi connectivity index (χ0v) is 11.2. The van der Waals surface area contributed by atoms with Gasteiger partial charge in [0.15, 0.2) is 0 Å². The van der Waals surface area contributed by atoms with E-state index in [1.54, 1.807) is 0 Å². The molecule has 70 valence electrons. The van der Waals surface area contributed by atoms with Gasteiger partial charge in [-0.25, -0.2) is 0 Å². The van der Waals surface area contributed by atoms with Gasteiger partial charge >= 0.3 is 92.5 Å². The van der Waals surface area contributed by atoms with Gasteiger partial charge in [-0.05, 0) is 0 Å². The summed E-state index contributed by atoms with van der Waals surface area (Å²) in [5.41, 5.74) is 0. The molecule has 0 fully saturated rings. The van der Waals surface area contributed by atoms with Crippen molar-refractivity contribution in [1.29, 1.82) is 0 Å². The summed E-state index contributed by atoms with van der Waals surface area (Å²) in [5, 5.41) is 13.5. The van der Waals surface area contributed by atoms with Crippen LogP contribution in [0.25, 0.3) is 0 Å². The molecule has 0 heterocycles. The second kappa shape index (κ2) is 180. The fourth-order valence-electron chi connectivity index (χ4n) is 0. The van der Waals surface area contributed by atoms with Crippen LogP contribution in [0.3, 0.4) is 0 Å². The molecule has 0 spiro atoms. The van der Waals surface area contributed by atoms with Crippen LogP contribution in [-0.4, -0.2) is 103 Å². The van der Waals surface area contributed by atoms with Crippen LogP contribution in [0.4, 0.5) is 0 Å². The SMILES string of the molecule is O=C=O.O=[C-]O.O=[C-]O.[C-]#[O+].[Ca+2].[O]=[Ca]. The molecule has 0 saturated carbocycles. The van der Waals surface area contributed by atoms with Crippen molar-refractivity contribution in [2.24, 2.45) is 0 Å². The first-order valence-corrected chi connectivity index (χ1v) is 2.66. The minimum absolute atomic E-state index is 0. The fraction of sp³-hybridized carbons (Fsp3) is 0. The minimum atomic E-state index is 0. The molecule has 14 heavy (non-hydrogen) atoms. The number of carbonyl (C=O) groups excluding carboxylic acids is 2. The molecule has 0 unspecified atom stereocenters. The van der Waals surface area contributed by atoms with Crippen LogP contribution >= 0.6 is 0 Å². The Labute approximate surface area is 133 Å². The van der Waals surface area contributed by atoms with Gasteiger partial charge in [-0.2, -0.15) is 9.59 Å². The van der Waals surface area contributed by atoms with Gasteiger partial charge in [0.2, 0.25) is 0 Å². The van der Waals surface area contributed by atoms with Gasteiger partial charge in [-0.15, -0.1) is 0 Å². The quantitative estimate of drug-likeness (QED) is 0.282. The normalized spacial score (nSPS) is 2.86.